The van der Waals surface area contributed by atoms with Gasteiger partial charge in [0, 0.05) is 12.6 Å². The molecule has 0 aromatic rings. The maximum Gasteiger partial charge on any atom is 0.238 e. The van der Waals surface area contributed by atoms with Crippen LogP contribution in [0.1, 0.15) is 59.3 Å². The second-order valence-corrected chi connectivity index (χ2v) is 7.48. The maximum absolute atomic E-state index is 11.8. The van der Waals surface area contributed by atoms with E-state index in [1.54, 1.807) is 0 Å². The Bertz CT molecular complexity index is 340. The Hall–Kier alpha value is -0.610. The van der Waals surface area contributed by atoms with Crippen LogP contribution in [-0.2, 0) is 4.79 Å². The fraction of sp³-hybridized carbons (Fsp3) is 0.938. The van der Waals surface area contributed by atoms with Crippen molar-refractivity contribution < 1.29 is 4.79 Å². The normalized spacial score (nSPS) is 26.0. The van der Waals surface area contributed by atoms with Gasteiger partial charge >= 0.3 is 0 Å². The fourth-order valence-electron chi connectivity index (χ4n) is 4.09. The van der Waals surface area contributed by atoms with Crippen molar-refractivity contribution in [2.75, 3.05) is 19.6 Å². The molecule has 1 amide bonds. The lowest BCUT2D eigenvalue weighted by Gasteiger charge is -2.43. The van der Waals surface area contributed by atoms with E-state index in [4.69, 9.17) is 5.73 Å². The Balaban J connectivity index is 1.91. The van der Waals surface area contributed by atoms with Crippen LogP contribution < -0.4 is 11.1 Å². The Labute approximate surface area is 123 Å². The summed E-state index contributed by atoms with van der Waals surface area (Å²) in [5.41, 5.74) is 5.64. The number of nitrogens with two attached hydrogens (primary N) is 1. The minimum atomic E-state index is -0.617. The Kier molecular flexibility index (Phi) is 4.75. The largest absolute Gasteiger partial charge is 0.368 e. The molecule has 0 aromatic carbocycles. The van der Waals surface area contributed by atoms with Crippen molar-refractivity contribution in [3.63, 3.8) is 0 Å². The summed E-state index contributed by atoms with van der Waals surface area (Å²) in [7, 11) is 0. The van der Waals surface area contributed by atoms with Gasteiger partial charge in [0.05, 0.1) is 0 Å². The summed E-state index contributed by atoms with van der Waals surface area (Å²) < 4.78 is 0. The first-order chi connectivity index (χ1) is 9.35. The monoisotopic (exact) mass is 281 g/mol. The lowest BCUT2D eigenvalue weighted by Crippen LogP contribution is -2.62. The quantitative estimate of drug-likeness (QED) is 0.809. The van der Waals surface area contributed by atoms with Crippen molar-refractivity contribution in [1.29, 1.82) is 0 Å². The van der Waals surface area contributed by atoms with Crippen LogP contribution in [0, 0.1) is 5.41 Å². The van der Waals surface area contributed by atoms with E-state index >= 15 is 0 Å². The topological polar surface area (TPSA) is 58.4 Å². The molecule has 0 bridgehead atoms. The van der Waals surface area contributed by atoms with Crippen LogP contribution in [0.15, 0.2) is 0 Å². The number of rotatable bonds is 5. The first-order valence-electron chi connectivity index (χ1n) is 8.15. The zero-order valence-corrected chi connectivity index (χ0v) is 13.4. The third-order valence-corrected chi connectivity index (χ3v) is 5.27. The van der Waals surface area contributed by atoms with Crippen LogP contribution in [0.2, 0.25) is 0 Å². The van der Waals surface area contributed by atoms with Crippen molar-refractivity contribution in [2.45, 2.75) is 70.9 Å². The number of carbonyl (C=O) groups is 1. The molecule has 1 heterocycles. The van der Waals surface area contributed by atoms with Crippen LogP contribution in [-0.4, -0.2) is 42.0 Å². The Morgan fingerprint density at radius 1 is 1.25 bits per heavy atom. The fourth-order valence-corrected chi connectivity index (χ4v) is 4.09. The van der Waals surface area contributed by atoms with Gasteiger partial charge < -0.3 is 16.0 Å². The number of primary amides is 1. The highest BCUT2D eigenvalue weighted by atomic mass is 16.1. The third kappa shape index (κ3) is 3.53. The summed E-state index contributed by atoms with van der Waals surface area (Å²) in [6, 6.07) is 0.262. The summed E-state index contributed by atoms with van der Waals surface area (Å²) in [6.07, 6.45) is 8.24. The summed E-state index contributed by atoms with van der Waals surface area (Å²) in [6.45, 7) is 9.02. The molecule has 0 aromatic heterocycles. The molecule has 1 aliphatic carbocycles. The van der Waals surface area contributed by atoms with E-state index < -0.39 is 5.54 Å². The summed E-state index contributed by atoms with van der Waals surface area (Å²) in [5, 5.41) is 3.35. The number of nitrogens with one attached hydrogen (secondary N) is 1. The van der Waals surface area contributed by atoms with E-state index in [9.17, 15) is 4.79 Å². The van der Waals surface area contributed by atoms with E-state index in [1.807, 2.05) is 6.92 Å². The predicted molar refractivity (Wildman–Crippen MR) is 82.4 cm³/mol. The molecule has 1 atom stereocenters. The molecule has 2 fully saturated rings. The highest BCUT2D eigenvalue weighted by Crippen LogP contribution is 2.46. The molecule has 1 saturated carbocycles. The number of carbonyl (C=O) groups excluding carboxylic acids is 1. The molecule has 1 aliphatic heterocycles. The Morgan fingerprint density at radius 2 is 1.80 bits per heavy atom. The van der Waals surface area contributed by atoms with Crippen LogP contribution in [0.5, 0.6) is 0 Å². The second kappa shape index (κ2) is 6.02. The van der Waals surface area contributed by atoms with E-state index in [0.29, 0.717) is 5.41 Å². The lowest BCUT2D eigenvalue weighted by molar-refractivity contribution is -0.125. The number of hydrogen-bond donors (Lipinski definition) is 2. The molecule has 4 nitrogen and oxygen atoms in total. The SMILES string of the molecule is CC(C)NC(C)(CN1CCC2(CCCC2)CC1)C(N)=O. The smallest absolute Gasteiger partial charge is 0.238 e. The number of nitrogens with zero attached hydrogens (tertiary/aromatic N) is 1. The van der Waals surface area contributed by atoms with Gasteiger partial charge in [-0.15, -0.1) is 0 Å². The van der Waals surface area contributed by atoms with Crippen molar-refractivity contribution in [3.8, 4) is 0 Å². The number of likely N-dealkylation sites (tertiary alicyclic amines) is 1. The predicted octanol–water partition coefficient (Wildman–Crippen LogP) is 1.88. The van der Waals surface area contributed by atoms with Gasteiger partial charge in [0.2, 0.25) is 5.91 Å². The number of piperidine rings is 1. The molecule has 1 saturated heterocycles. The van der Waals surface area contributed by atoms with Gasteiger partial charge in [-0.25, -0.2) is 0 Å². The third-order valence-electron chi connectivity index (χ3n) is 5.27. The van der Waals surface area contributed by atoms with Crippen LogP contribution in [0.3, 0.4) is 0 Å². The minimum Gasteiger partial charge on any atom is -0.368 e. The standard InChI is InChI=1S/C16H31N3O/c1-13(2)18-15(3,14(17)20)12-19-10-8-16(9-11-19)6-4-5-7-16/h13,18H,4-12H2,1-3H3,(H2,17,20). The maximum atomic E-state index is 11.8. The lowest BCUT2D eigenvalue weighted by atomic mass is 9.77. The first-order valence-corrected chi connectivity index (χ1v) is 8.15. The van der Waals surface area contributed by atoms with Gasteiger partial charge in [-0.2, -0.15) is 0 Å². The van der Waals surface area contributed by atoms with Gasteiger partial charge in [0.15, 0.2) is 0 Å². The van der Waals surface area contributed by atoms with E-state index in [1.165, 1.54) is 38.5 Å². The number of hydrogen-bond acceptors (Lipinski definition) is 3. The average molecular weight is 281 g/mol. The molecule has 0 radical (unpaired) electrons. The summed E-state index contributed by atoms with van der Waals surface area (Å²) >= 11 is 0. The molecule has 2 rings (SSSR count). The molecule has 2 aliphatic rings. The average Bonchev–Trinajstić information content (AvgIpc) is 2.80. The van der Waals surface area contributed by atoms with Gasteiger partial charge in [-0.1, -0.05) is 12.8 Å². The number of amides is 1. The summed E-state index contributed by atoms with van der Waals surface area (Å²) in [5.74, 6) is -0.243. The molecule has 20 heavy (non-hydrogen) atoms. The zero-order chi connectivity index (χ0) is 14.8. The van der Waals surface area contributed by atoms with Crippen molar-refractivity contribution in [3.05, 3.63) is 0 Å². The van der Waals surface area contributed by atoms with Crippen LogP contribution >= 0.6 is 0 Å². The molecular formula is C16H31N3O. The Morgan fingerprint density at radius 3 is 2.25 bits per heavy atom. The molecule has 1 unspecified atom stereocenters. The van der Waals surface area contributed by atoms with E-state index in [2.05, 4.69) is 24.1 Å². The first kappa shape index (κ1) is 15.8. The van der Waals surface area contributed by atoms with Crippen molar-refractivity contribution in [2.24, 2.45) is 11.1 Å². The second-order valence-electron chi connectivity index (χ2n) is 7.48. The zero-order valence-electron chi connectivity index (χ0n) is 13.4. The summed E-state index contributed by atoms with van der Waals surface area (Å²) in [4.78, 5) is 14.2. The molecule has 116 valence electrons. The van der Waals surface area contributed by atoms with Gasteiger partial charge in [0.1, 0.15) is 5.54 Å². The van der Waals surface area contributed by atoms with Gasteiger partial charge in [-0.05, 0) is 65.0 Å². The van der Waals surface area contributed by atoms with Gasteiger partial charge in [0.25, 0.3) is 0 Å². The molecule has 4 heteroatoms. The van der Waals surface area contributed by atoms with Gasteiger partial charge in [-0.3, -0.25) is 4.79 Å². The van der Waals surface area contributed by atoms with Crippen LogP contribution in [0.4, 0.5) is 0 Å². The van der Waals surface area contributed by atoms with Crippen LogP contribution in [0.25, 0.3) is 0 Å². The molecular weight excluding hydrogens is 250 g/mol. The van der Waals surface area contributed by atoms with E-state index in [-0.39, 0.29) is 11.9 Å². The molecule has 3 N–H and O–H groups in total. The highest BCUT2D eigenvalue weighted by Gasteiger charge is 2.40. The van der Waals surface area contributed by atoms with E-state index in [0.717, 1.165) is 19.6 Å². The molecule has 1 spiro atoms. The van der Waals surface area contributed by atoms with Crippen molar-refractivity contribution in [1.82, 2.24) is 10.2 Å². The minimum absolute atomic E-state index is 0.243. The highest BCUT2D eigenvalue weighted by molar-refractivity contribution is 5.84. The van der Waals surface area contributed by atoms with Crippen molar-refractivity contribution >= 4 is 5.91 Å².